The zero-order valence-electron chi connectivity index (χ0n) is 13.5. The van der Waals surface area contributed by atoms with Crippen molar-refractivity contribution >= 4 is 22.7 Å². The smallest absolute Gasteiger partial charge is 0.412 e. The molecule has 0 fully saturated rings. The topological polar surface area (TPSA) is 43.3 Å². The molecule has 3 aromatic rings. The van der Waals surface area contributed by atoms with Crippen LogP contribution in [0.3, 0.4) is 0 Å². The maximum atomic E-state index is 11.8. The van der Waals surface area contributed by atoms with Gasteiger partial charge in [0, 0.05) is 17.6 Å². The molecule has 0 radical (unpaired) electrons. The summed E-state index contributed by atoms with van der Waals surface area (Å²) in [6, 6.07) is 18.0. The summed E-state index contributed by atoms with van der Waals surface area (Å²) in [5, 5.41) is 3.94. The van der Waals surface area contributed by atoms with Crippen molar-refractivity contribution in [3.8, 4) is 5.69 Å². The Morgan fingerprint density at radius 3 is 2.39 bits per heavy atom. The highest BCUT2D eigenvalue weighted by Gasteiger charge is 2.16. The van der Waals surface area contributed by atoms with Crippen molar-refractivity contribution < 1.29 is 9.53 Å². The van der Waals surface area contributed by atoms with E-state index in [9.17, 15) is 4.79 Å². The van der Waals surface area contributed by atoms with Gasteiger partial charge in [-0.05, 0) is 62.6 Å². The molecule has 4 nitrogen and oxygen atoms in total. The van der Waals surface area contributed by atoms with Crippen LogP contribution >= 0.6 is 0 Å². The quantitative estimate of drug-likeness (QED) is 0.725. The van der Waals surface area contributed by atoms with Crippen molar-refractivity contribution in [3.63, 3.8) is 0 Å². The zero-order chi connectivity index (χ0) is 16.4. The highest BCUT2D eigenvalue weighted by molar-refractivity contribution is 5.85. The molecule has 1 heterocycles. The lowest BCUT2D eigenvalue weighted by molar-refractivity contribution is 0.0636. The molecular formula is C19H20N2O2. The van der Waals surface area contributed by atoms with Crippen molar-refractivity contribution in [1.82, 2.24) is 4.57 Å². The lowest BCUT2D eigenvalue weighted by Gasteiger charge is -2.19. The second-order valence-corrected chi connectivity index (χ2v) is 6.42. The maximum absolute atomic E-state index is 11.8. The van der Waals surface area contributed by atoms with Crippen LogP contribution in [0.4, 0.5) is 10.5 Å². The second-order valence-electron chi connectivity index (χ2n) is 6.42. The summed E-state index contributed by atoms with van der Waals surface area (Å²) in [7, 11) is 0. The number of nitrogens with zero attached hydrogens (tertiary/aromatic N) is 1. The molecule has 118 valence electrons. The standard InChI is InChI=1S/C19H20N2O2/c1-19(2,3)23-18(22)20-15-8-10-16(11-9-15)21-13-12-14-6-4-5-7-17(14)21/h4-13H,1-3H3,(H,20,22). The molecule has 1 amide bonds. The van der Waals surface area contributed by atoms with Crippen LogP contribution in [0, 0.1) is 0 Å². The number of benzene rings is 2. The average molecular weight is 308 g/mol. The predicted molar refractivity (Wildman–Crippen MR) is 93.1 cm³/mol. The predicted octanol–water partition coefficient (Wildman–Crippen LogP) is 4.98. The molecule has 0 aliphatic carbocycles. The zero-order valence-corrected chi connectivity index (χ0v) is 13.5. The van der Waals surface area contributed by atoms with E-state index >= 15 is 0 Å². The van der Waals surface area contributed by atoms with Crippen LogP contribution in [0.2, 0.25) is 0 Å². The van der Waals surface area contributed by atoms with E-state index in [0.717, 1.165) is 11.2 Å². The Labute approximate surface area is 135 Å². The molecule has 0 atom stereocenters. The van der Waals surface area contributed by atoms with Gasteiger partial charge in [0.1, 0.15) is 5.60 Å². The average Bonchev–Trinajstić information content (AvgIpc) is 2.90. The van der Waals surface area contributed by atoms with Crippen LogP contribution in [0.15, 0.2) is 60.8 Å². The number of carbonyl (C=O) groups is 1. The first-order valence-corrected chi connectivity index (χ1v) is 7.59. The number of rotatable bonds is 2. The van der Waals surface area contributed by atoms with E-state index in [-0.39, 0.29) is 0 Å². The summed E-state index contributed by atoms with van der Waals surface area (Å²) in [6.07, 6.45) is 1.60. The highest BCUT2D eigenvalue weighted by atomic mass is 16.6. The molecule has 1 aromatic heterocycles. The molecule has 23 heavy (non-hydrogen) atoms. The molecule has 2 aromatic carbocycles. The second kappa shape index (κ2) is 5.80. The van der Waals surface area contributed by atoms with Crippen LogP contribution in [0.5, 0.6) is 0 Å². The molecular weight excluding hydrogens is 288 g/mol. The number of para-hydroxylation sites is 1. The van der Waals surface area contributed by atoms with E-state index in [2.05, 4.69) is 28.1 Å². The summed E-state index contributed by atoms with van der Waals surface area (Å²) < 4.78 is 7.36. The van der Waals surface area contributed by atoms with Gasteiger partial charge in [-0.1, -0.05) is 18.2 Å². The third-order valence-electron chi connectivity index (χ3n) is 3.39. The van der Waals surface area contributed by atoms with Crippen molar-refractivity contribution in [1.29, 1.82) is 0 Å². The number of carbonyl (C=O) groups excluding carboxylic acids is 1. The molecule has 3 rings (SSSR count). The van der Waals surface area contributed by atoms with Crippen LogP contribution in [-0.4, -0.2) is 16.3 Å². The minimum absolute atomic E-state index is 0.448. The van der Waals surface area contributed by atoms with E-state index in [0.29, 0.717) is 5.69 Å². The van der Waals surface area contributed by atoms with Gasteiger partial charge in [-0.2, -0.15) is 0 Å². The van der Waals surface area contributed by atoms with Gasteiger partial charge >= 0.3 is 6.09 Å². The lowest BCUT2D eigenvalue weighted by atomic mass is 10.2. The molecule has 0 spiro atoms. The van der Waals surface area contributed by atoms with Gasteiger partial charge in [-0.15, -0.1) is 0 Å². The van der Waals surface area contributed by atoms with Crippen molar-refractivity contribution in [2.75, 3.05) is 5.32 Å². The van der Waals surface area contributed by atoms with Gasteiger partial charge in [0.25, 0.3) is 0 Å². The van der Waals surface area contributed by atoms with Gasteiger partial charge in [0.15, 0.2) is 0 Å². The third-order valence-corrected chi connectivity index (χ3v) is 3.39. The van der Waals surface area contributed by atoms with E-state index < -0.39 is 11.7 Å². The summed E-state index contributed by atoms with van der Waals surface area (Å²) in [5.74, 6) is 0. The first-order chi connectivity index (χ1) is 10.9. The molecule has 0 saturated heterocycles. The third kappa shape index (κ3) is 3.54. The van der Waals surface area contributed by atoms with Crippen LogP contribution < -0.4 is 5.32 Å². The number of aromatic nitrogens is 1. The Morgan fingerprint density at radius 1 is 1.00 bits per heavy atom. The minimum atomic E-state index is -0.506. The first kappa shape index (κ1) is 15.2. The van der Waals surface area contributed by atoms with Crippen LogP contribution in [0.1, 0.15) is 20.8 Å². The molecule has 0 aliphatic rings. The fraction of sp³-hybridized carbons (Fsp3) is 0.211. The number of anilines is 1. The van der Waals surface area contributed by atoms with Gasteiger partial charge in [-0.25, -0.2) is 4.79 Å². The normalized spacial score (nSPS) is 11.4. The largest absolute Gasteiger partial charge is 0.444 e. The van der Waals surface area contributed by atoms with E-state index in [1.165, 1.54) is 5.39 Å². The summed E-state index contributed by atoms with van der Waals surface area (Å²) >= 11 is 0. The Balaban J connectivity index is 1.78. The Kier molecular flexibility index (Phi) is 3.82. The summed E-state index contributed by atoms with van der Waals surface area (Å²) in [5.41, 5.74) is 2.40. The van der Waals surface area contributed by atoms with E-state index in [1.807, 2.05) is 63.4 Å². The van der Waals surface area contributed by atoms with Gasteiger partial charge in [0.05, 0.1) is 5.52 Å². The maximum Gasteiger partial charge on any atom is 0.412 e. The summed E-state index contributed by atoms with van der Waals surface area (Å²) in [6.45, 7) is 5.52. The van der Waals surface area contributed by atoms with Gasteiger partial charge < -0.3 is 9.30 Å². The SMILES string of the molecule is CC(C)(C)OC(=O)Nc1ccc(-n2ccc3ccccc32)cc1. The molecule has 0 aliphatic heterocycles. The first-order valence-electron chi connectivity index (χ1n) is 7.59. The number of amides is 1. The minimum Gasteiger partial charge on any atom is -0.444 e. The Bertz CT molecular complexity index is 826. The number of nitrogens with one attached hydrogen (secondary N) is 1. The highest BCUT2D eigenvalue weighted by Crippen LogP contribution is 2.21. The molecule has 0 unspecified atom stereocenters. The number of ether oxygens (including phenoxy) is 1. The number of hydrogen-bond donors (Lipinski definition) is 1. The molecule has 0 saturated carbocycles. The van der Waals surface area contributed by atoms with Gasteiger partial charge in [-0.3, -0.25) is 5.32 Å². The summed E-state index contributed by atoms with van der Waals surface area (Å²) in [4.78, 5) is 11.8. The van der Waals surface area contributed by atoms with Gasteiger partial charge in [0.2, 0.25) is 0 Å². The van der Waals surface area contributed by atoms with Crippen molar-refractivity contribution in [3.05, 3.63) is 60.8 Å². The van der Waals surface area contributed by atoms with Crippen LogP contribution in [-0.2, 0) is 4.74 Å². The Morgan fingerprint density at radius 2 is 1.70 bits per heavy atom. The number of hydrogen-bond acceptors (Lipinski definition) is 2. The van der Waals surface area contributed by atoms with Crippen LogP contribution in [0.25, 0.3) is 16.6 Å². The lowest BCUT2D eigenvalue weighted by Crippen LogP contribution is -2.27. The number of fused-ring (bicyclic) bond motifs is 1. The molecule has 4 heteroatoms. The Hall–Kier alpha value is -2.75. The van der Waals surface area contributed by atoms with E-state index in [4.69, 9.17) is 4.74 Å². The van der Waals surface area contributed by atoms with Crippen molar-refractivity contribution in [2.45, 2.75) is 26.4 Å². The van der Waals surface area contributed by atoms with E-state index in [1.54, 1.807) is 0 Å². The fourth-order valence-electron chi connectivity index (χ4n) is 2.43. The molecule has 0 bridgehead atoms. The molecule has 1 N–H and O–H groups in total. The monoisotopic (exact) mass is 308 g/mol. The fourth-order valence-corrected chi connectivity index (χ4v) is 2.43. The van der Waals surface area contributed by atoms with Crippen molar-refractivity contribution in [2.24, 2.45) is 0 Å².